The summed E-state index contributed by atoms with van der Waals surface area (Å²) in [4.78, 5) is 33.0. The Balaban J connectivity index is 1.39. The molecule has 1 aliphatic carbocycles. The van der Waals surface area contributed by atoms with Crippen LogP contribution in [0.3, 0.4) is 0 Å². The van der Waals surface area contributed by atoms with E-state index in [1.54, 1.807) is 12.4 Å². The predicted molar refractivity (Wildman–Crippen MR) is 85.2 cm³/mol. The molecule has 2 atom stereocenters. The molecule has 2 amide bonds. The lowest BCUT2D eigenvalue weighted by Gasteiger charge is -2.33. The molecule has 2 saturated heterocycles. The van der Waals surface area contributed by atoms with E-state index in [0.29, 0.717) is 31.3 Å². The number of hydrogen-bond acceptors (Lipinski definition) is 3. The third-order valence-electron chi connectivity index (χ3n) is 5.48. The molecule has 122 valence electrons. The van der Waals surface area contributed by atoms with Crippen molar-refractivity contribution < 1.29 is 9.59 Å². The van der Waals surface area contributed by atoms with Crippen LogP contribution in [0.15, 0.2) is 24.5 Å². The molecule has 3 aliphatic rings. The van der Waals surface area contributed by atoms with E-state index in [0.717, 1.165) is 25.1 Å². The molecule has 5 nitrogen and oxygen atoms in total. The Hall–Kier alpha value is -1.91. The average molecular weight is 313 g/mol. The molecule has 0 unspecified atom stereocenters. The first-order chi connectivity index (χ1) is 11.2. The van der Waals surface area contributed by atoms with Crippen LogP contribution in [0.25, 0.3) is 0 Å². The van der Waals surface area contributed by atoms with Gasteiger partial charge in [0, 0.05) is 45.0 Å². The highest BCUT2D eigenvalue weighted by Crippen LogP contribution is 2.36. The number of likely N-dealkylation sites (tertiary alicyclic amines) is 2. The number of aromatic nitrogens is 1. The third-order valence-corrected chi connectivity index (χ3v) is 5.48. The lowest BCUT2D eigenvalue weighted by atomic mass is 9.88. The molecule has 0 spiro atoms. The highest BCUT2D eigenvalue weighted by molar-refractivity contribution is 5.83. The number of rotatable bonds is 4. The van der Waals surface area contributed by atoms with Crippen molar-refractivity contribution in [3.05, 3.63) is 30.1 Å². The summed E-state index contributed by atoms with van der Waals surface area (Å²) in [5, 5.41) is 0. The summed E-state index contributed by atoms with van der Waals surface area (Å²) in [5.74, 6) is 1.47. The van der Waals surface area contributed by atoms with Crippen LogP contribution >= 0.6 is 0 Å². The van der Waals surface area contributed by atoms with Gasteiger partial charge in [-0.1, -0.05) is 0 Å². The molecule has 0 bridgehead atoms. The molecule has 0 N–H and O–H groups in total. The average Bonchev–Trinajstić information content (AvgIpc) is 3.26. The first-order valence-electron chi connectivity index (χ1n) is 8.66. The van der Waals surface area contributed by atoms with E-state index < -0.39 is 0 Å². The molecule has 0 radical (unpaired) electrons. The van der Waals surface area contributed by atoms with Crippen molar-refractivity contribution >= 4 is 11.8 Å². The first kappa shape index (κ1) is 14.7. The van der Waals surface area contributed by atoms with Crippen LogP contribution in [0.1, 0.15) is 31.2 Å². The fourth-order valence-electron chi connectivity index (χ4n) is 3.88. The van der Waals surface area contributed by atoms with Crippen molar-refractivity contribution in [1.82, 2.24) is 14.8 Å². The van der Waals surface area contributed by atoms with Gasteiger partial charge >= 0.3 is 0 Å². The van der Waals surface area contributed by atoms with Crippen molar-refractivity contribution in [3.8, 4) is 0 Å². The molecule has 5 heteroatoms. The molecule has 3 heterocycles. The molecule has 1 aromatic rings. The number of pyridine rings is 1. The van der Waals surface area contributed by atoms with Gasteiger partial charge in [-0.2, -0.15) is 0 Å². The van der Waals surface area contributed by atoms with Gasteiger partial charge in [0.2, 0.25) is 11.8 Å². The standard InChI is InChI=1S/C18H23N3O2/c22-17(9-13-1-2-13)21-11-15-5-8-20(18(23)16(15)12-21)10-14-3-6-19-7-4-14/h3-4,6-7,13,15-16H,1-2,5,8-12H2/t15-,16-/m0/s1. The van der Waals surface area contributed by atoms with E-state index in [-0.39, 0.29) is 17.7 Å². The van der Waals surface area contributed by atoms with Crippen LogP contribution in [0.4, 0.5) is 0 Å². The Labute approximate surface area is 136 Å². The van der Waals surface area contributed by atoms with E-state index in [9.17, 15) is 9.59 Å². The zero-order valence-electron chi connectivity index (χ0n) is 13.4. The second-order valence-corrected chi connectivity index (χ2v) is 7.22. The van der Waals surface area contributed by atoms with Gasteiger partial charge in [0.25, 0.3) is 0 Å². The molecule has 2 aliphatic heterocycles. The third kappa shape index (κ3) is 3.09. The van der Waals surface area contributed by atoms with Crippen molar-refractivity contribution in [2.75, 3.05) is 19.6 Å². The maximum atomic E-state index is 12.8. The van der Waals surface area contributed by atoms with Crippen LogP contribution < -0.4 is 0 Å². The molecule has 0 aromatic carbocycles. The Morgan fingerprint density at radius 2 is 1.96 bits per heavy atom. The smallest absolute Gasteiger partial charge is 0.228 e. The van der Waals surface area contributed by atoms with E-state index >= 15 is 0 Å². The summed E-state index contributed by atoms with van der Waals surface area (Å²) in [6.07, 6.45) is 7.63. The monoisotopic (exact) mass is 313 g/mol. The lowest BCUT2D eigenvalue weighted by molar-refractivity contribution is -0.140. The van der Waals surface area contributed by atoms with Crippen LogP contribution in [0.5, 0.6) is 0 Å². The van der Waals surface area contributed by atoms with Crippen molar-refractivity contribution in [2.24, 2.45) is 17.8 Å². The molecule has 3 fully saturated rings. The minimum absolute atomic E-state index is 0.00809. The summed E-state index contributed by atoms with van der Waals surface area (Å²) in [7, 11) is 0. The van der Waals surface area contributed by atoms with Gasteiger partial charge in [-0.3, -0.25) is 14.6 Å². The number of carbonyl (C=O) groups excluding carboxylic acids is 2. The second-order valence-electron chi connectivity index (χ2n) is 7.22. The zero-order chi connectivity index (χ0) is 15.8. The van der Waals surface area contributed by atoms with Gasteiger partial charge in [0.1, 0.15) is 0 Å². The number of piperidine rings is 1. The molecule has 23 heavy (non-hydrogen) atoms. The number of nitrogens with zero attached hydrogens (tertiary/aromatic N) is 3. The minimum atomic E-state index is 0.00809. The molecule has 4 rings (SSSR count). The van der Waals surface area contributed by atoms with Crippen LogP contribution in [0, 0.1) is 17.8 Å². The largest absolute Gasteiger partial charge is 0.342 e. The van der Waals surface area contributed by atoms with E-state index in [1.165, 1.54) is 12.8 Å². The van der Waals surface area contributed by atoms with Gasteiger partial charge in [0.05, 0.1) is 5.92 Å². The number of amides is 2. The predicted octanol–water partition coefficient (Wildman–Crippen LogP) is 1.69. The topological polar surface area (TPSA) is 53.5 Å². The first-order valence-corrected chi connectivity index (χ1v) is 8.66. The second kappa shape index (κ2) is 5.95. The summed E-state index contributed by atoms with van der Waals surface area (Å²) < 4.78 is 0. The van der Waals surface area contributed by atoms with Crippen molar-refractivity contribution in [2.45, 2.75) is 32.2 Å². The van der Waals surface area contributed by atoms with Crippen LogP contribution in [-0.4, -0.2) is 46.2 Å². The highest BCUT2D eigenvalue weighted by Gasteiger charge is 2.44. The fraction of sp³-hybridized carbons (Fsp3) is 0.611. The van der Waals surface area contributed by atoms with Gasteiger partial charge in [-0.25, -0.2) is 0 Å². The highest BCUT2D eigenvalue weighted by atomic mass is 16.2. The fourth-order valence-corrected chi connectivity index (χ4v) is 3.88. The number of carbonyl (C=O) groups is 2. The quantitative estimate of drug-likeness (QED) is 0.850. The Bertz CT molecular complexity index is 600. The Morgan fingerprint density at radius 1 is 1.17 bits per heavy atom. The van der Waals surface area contributed by atoms with Crippen molar-refractivity contribution in [3.63, 3.8) is 0 Å². The minimum Gasteiger partial charge on any atom is -0.342 e. The van der Waals surface area contributed by atoms with E-state index in [1.807, 2.05) is 21.9 Å². The van der Waals surface area contributed by atoms with E-state index in [4.69, 9.17) is 0 Å². The Morgan fingerprint density at radius 3 is 2.70 bits per heavy atom. The van der Waals surface area contributed by atoms with Gasteiger partial charge in [-0.15, -0.1) is 0 Å². The molecule has 1 aromatic heterocycles. The molecular weight excluding hydrogens is 290 g/mol. The summed E-state index contributed by atoms with van der Waals surface area (Å²) in [6.45, 7) is 2.86. The maximum Gasteiger partial charge on any atom is 0.228 e. The normalized spacial score (nSPS) is 27.2. The van der Waals surface area contributed by atoms with Crippen molar-refractivity contribution in [1.29, 1.82) is 0 Å². The summed E-state index contributed by atoms with van der Waals surface area (Å²) in [5.41, 5.74) is 1.12. The summed E-state index contributed by atoms with van der Waals surface area (Å²) >= 11 is 0. The molecule has 1 saturated carbocycles. The van der Waals surface area contributed by atoms with Crippen LogP contribution in [0.2, 0.25) is 0 Å². The van der Waals surface area contributed by atoms with Gasteiger partial charge < -0.3 is 9.80 Å². The summed E-state index contributed by atoms with van der Waals surface area (Å²) in [6, 6.07) is 3.92. The van der Waals surface area contributed by atoms with Crippen LogP contribution in [-0.2, 0) is 16.1 Å². The van der Waals surface area contributed by atoms with Gasteiger partial charge in [-0.05, 0) is 48.8 Å². The zero-order valence-corrected chi connectivity index (χ0v) is 13.4. The molecular formula is C18H23N3O2. The number of hydrogen-bond donors (Lipinski definition) is 0. The lowest BCUT2D eigenvalue weighted by Crippen LogP contribution is -2.44. The van der Waals surface area contributed by atoms with Gasteiger partial charge in [0.15, 0.2) is 0 Å². The Kier molecular flexibility index (Phi) is 3.79. The number of fused-ring (bicyclic) bond motifs is 1. The van der Waals surface area contributed by atoms with E-state index in [2.05, 4.69) is 4.98 Å². The SMILES string of the molecule is O=C(CC1CC1)N1C[C@@H]2CCN(Cc3ccncc3)C(=O)[C@H]2C1. The maximum absolute atomic E-state index is 12.8.